The van der Waals surface area contributed by atoms with Crippen molar-refractivity contribution < 1.29 is 48.0 Å². The Morgan fingerprint density at radius 2 is 1.34 bits per heavy atom. The van der Waals surface area contributed by atoms with Gasteiger partial charge in [0.1, 0.15) is 0 Å². The summed E-state index contributed by atoms with van der Waals surface area (Å²) in [5.74, 6) is 0. The van der Waals surface area contributed by atoms with E-state index in [2.05, 4.69) is 92.7 Å². The molecule has 0 spiro atoms. The van der Waals surface area contributed by atoms with Crippen LogP contribution in [0.4, 0.5) is 0 Å². The molecule has 3 heteroatoms. The van der Waals surface area contributed by atoms with Crippen LogP contribution in [0.3, 0.4) is 0 Å². The van der Waals surface area contributed by atoms with Gasteiger partial charge in [-0.25, -0.2) is 0 Å². The minimum atomic E-state index is -0.754. The van der Waals surface area contributed by atoms with E-state index in [1.165, 1.54) is 33.4 Å². The maximum absolute atomic E-state index is 2.49. The molecule has 0 saturated heterocycles. The third-order valence-corrected chi connectivity index (χ3v) is 9.64. The van der Waals surface area contributed by atoms with Crippen LogP contribution in [0.15, 0.2) is 82.2 Å². The smallest absolute Gasteiger partial charge is 1.00 e. The van der Waals surface area contributed by atoms with Gasteiger partial charge in [-0.1, -0.05) is 0 Å². The van der Waals surface area contributed by atoms with Crippen LogP contribution in [0, 0.1) is 13.8 Å². The predicted molar refractivity (Wildman–Crippen MR) is 110 cm³/mol. The molecular weight excluding hydrogens is 474 g/mol. The third-order valence-electron chi connectivity index (χ3n) is 5.63. The molecule has 0 fully saturated rings. The molecule has 0 bridgehead atoms. The molecule has 0 N–H and O–H groups in total. The van der Waals surface area contributed by atoms with E-state index >= 15 is 0 Å². The van der Waals surface area contributed by atoms with Gasteiger partial charge in [0.2, 0.25) is 0 Å². The van der Waals surface area contributed by atoms with Crippen molar-refractivity contribution >= 4 is 5.57 Å². The average molecular weight is 497 g/mol. The maximum Gasteiger partial charge on any atom is -1.00 e. The topological polar surface area (TPSA) is 0 Å². The number of hydrogen-bond acceptors (Lipinski definition) is 0. The molecular formula is C26H22Cl2Zr. The molecule has 0 saturated carbocycles. The van der Waals surface area contributed by atoms with E-state index in [1.807, 2.05) is 0 Å². The van der Waals surface area contributed by atoms with E-state index in [0.29, 0.717) is 3.63 Å². The van der Waals surface area contributed by atoms with Gasteiger partial charge >= 0.3 is 174 Å². The number of hydrogen-bond donors (Lipinski definition) is 0. The summed E-state index contributed by atoms with van der Waals surface area (Å²) < 4.78 is 2.36. The zero-order valence-electron chi connectivity index (χ0n) is 16.5. The minimum absolute atomic E-state index is 0. The van der Waals surface area contributed by atoms with E-state index in [9.17, 15) is 0 Å². The van der Waals surface area contributed by atoms with Crippen LogP contribution in [-0.2, 0) is 23.2 Å². The second-order valence-electron chi connectivity index (χ2n) is 7.66. The van der Waals surface area contributed by atoms with E-state index < -0.39 is 23.2 Å². The van der Waals surface area contributed by atoms with E-state index in [1.54, 1.807) is 14.4 Å². The summed E-state index contributed by atoms with van der Waals surface area (Å²) in [6.07, 6.45) is 6.06. The molecule has 0 heterocycles. The molecule has 0 radical (unpaired) electrons. The Bertz CT molecular complexity index is 1050. The number of halogens is 2. The Labute approximate surface area is 197 Å². The van der Waals surface area contributed by atoms with E-state index in [0.717, 1.165) is 6.42 Å². The fourth-order valence-electron chi connectivity index (χ4n) is 4.30. The van der Waals surface area contributed by atoms with Crippen molar-refractivity contribution in [2.45, 2.75) is 23.9 Å². The number of aryl methyl sites for hydroxylation is 2. The molecule has 144 valence electrons. The first-order valence-electron chi connectivity index (χ1n) is 9.63. The van der Waals surface area contributed by atoms with Crippen molar-refractivity contribution in [3.63, 3.8) is 0 Å². The van der Waals surface area contributed by atoms with E-state index in [4.69, 9.17) is 0 Å². The van der Waals surface area contributed by atoms with Crippen LogP contribution in [0.25, 0.3) is 16.7 Å². The van der Waals surface area contributed by atoms with Gasteiger partial charge < -0.3 is 24.8 Å². The molecule has 0 aromatic heterocycles. The molecule has 0 amide bonds. The second kappa shape index (κ2) is 9.17. The summed E-state index contributed by atoms with van der Waals surface area (Å²) in [6, 6.07) is 24.9. The standard InChI is InChI=1S/C15H13.C11H9.2ClH.Zr/c1-10-3-5-14-12(7-10)9-13-8-11(2)4-6-15(13)14;1-2-6-10(7-3-1)11-8-4-5-9-11;;;/h3-9H,1-2H3;1-3,6-9H,4H2;2*1H;/q;;;;+2/p-2. The molecule has 0 aliphatic heterocycles. The molecule has 2 aliphatic carbocycles. The van der Waals surface area contributed by atoms with Crippen LogP contribution >= 0.6 is 0 Å². The van der Waals surface area contributed by atoms with Crippen LogP contribution in [-0.4, -0.2) is 0 Å². The van der Waals surface area contributed by atoms with Gasteiger partial charge in [-0.2, -0.15) is 0 Å². The minimum Gasteiger partial charge on any atom is -1.00 e. The first kappa shape index (κ1) is 22.3. The molecule has 5 rings (SSSR count). The quantitative estimate of drug-likeness (QED) is 0.504. The van der Waals surface area contributed by atoms with Crippen molar-refractivity contribution in [2.75, 3.05) is 0 Å². The molecule has 0 nitrogen and oxygen atoms in total. The van der Waals surface area contributed by atoms with Crippen molar-refractivity contribution in [3.05, 3.63) is 110 Å². The van der Waals surface area contributed by atoms with Gasteiger partial charge in [0.25, 0.3) is 0 Å². The fraction of sp³-hybridized carbons (Fsp3) is 0.154. The van der Waals surface area contributed by atoms with Gasteiger partial charge in [-0.3, -0.25) is 0 Å². The zero-order chi connectivity index (χ0) is 18.4. The Hall–Kier alpha value is -1.40. The molecule has 29 heavy (non-hydrogen) atoms. The van der Waals surface area contributed by atoms with Crippen LogP contribution in [0.5, 0.6) is 0 Å². The van der Waals surface area contributed by atoms with Crippen molar-refractivity contribution in [1.82, 2.24) is 0 Å². The Morgan fingerprint density at radius 1 is 0.759 bits per heavy atom. The largest absolute Gasteiger partial charge is 1.00 e. The summed E-state index contributed by atoms with van der Waals surface area (Å²) in [4.78, 5) is 0. The van der Waals surface area contributed by atoms with Crippen molar-refractivity contribution in [1.29, 1.82) is 0 Å². The van der Waals surface area contributed by atoms with E-state index in [-0.39, 0.29) is 24.8 Å². The Morgan fingerprint density at radius 3 is 1.93 bits per heavy atom. The van der Waals surface area contributed by atoms with Gasteiger partial charge in [0.05, 0.1) is 0 Å². The molecule has 2 aliphatic rings. The second-order valence-corrected chi connectivity index (χ2v) is 11.4. The summed E-state index contributed by atoms with van der Waals surface area (Å²) in [5.41, 5.74) is 11.6. The van der Waals surface area contributed by atoms with Crippen molar-refractivity contribution in [2.24, 2.45) is 0 Å². The van der Waals surface area contributed by atoms with Gasteiger partial charge in [-0.15, -0.1) is 0 Å². The summed E-state index contributed by atoms with van der Waals surface area (Å²) in [6.45, 7) is 4.45. The molecule has 3 aromatic rings. The van der Waals surface area contributed by atoms with Crippen molar-refractivity contribution in [3.8, 4) is 11.1 Å². The number of benzene rings is 3. The van der Waals surface area contributed by atoms with Gasteiger partial charge in [0, 0.05) is 0 Å². The Kier molecular flexibility index (Phi) is 7.05. The Balaban J connectivity index is 0.00000120. The average Bonchev–Trinajstić information content (AvgIpc) is 3.26. The first-order chi connectivity index (χ1) is 13.2. The zero-order valence-corrected chi connectivity index (χ0v) is 20.5. The number of fused-ring (bicyclic) bond motifs is 3. The number of rotatable bonds is 3. The molecule has 0 atom stereocenters. The molecule has 0 unspecified atom stereocenters. The molecule has 3 aromatic carbocycles. The maximum atomic E-state index is 2.49. The summed E-state index contributed by atoms with van der Waals surface area (Å²) in [5, 5.41) is 0. The number of allylic oxidation sites excluding steroid dienone is 4. The van der Waals surface area contributed by atoms with Crippen LogP contribution < -0.4 is 24.8 Å². The van der Waals surface area contributed by atoms with Gasteiger partial charge in [0.15, 0.2) is 0 Å². The SMILES string of the molecule is Cc1ccc2c(c1)[CH]([Zr+2][C]1=CC(c3ccccc3)=CC1)c1cc(C)ccc1-2.[Cl-].[Cl-]. The normalized spacial score (nSPS) is 14.0. The van der Waals surface area contributed by atoms with Gasteiger partial charge in [-0.05, 0) is 0 Å². The van der Waals surface area contributed by atoms with Crippen LogP contribution in [0.1, 0.15) is 37.9 Å². The summed E-state index contributed by atoms with van der Waals surface area (Å²) in [7, 11) is 0. The third kappa shape index (κ3) is 4.24. The predicted octanol–water partition coefficient (Wildman–Crippen LogP) is 0.835. The summed E-state index contributed by atoms with van der Waals surface area (Å²) >= 11 is -0.754. The monoisotopic (exact) mass is 494 g/mol. The fourth-order valence-corrected chi connectivity index (χ4v) is 8.28. The first-order valence-corrected chi connectivity index (χ1v) is 12.3. The van der Waals surface area contributed by atoms with Crippen LogP contribution in [0.2, 0.25) is 0 Å².